The lowest BCUT2D eigenvalue weighted by Crippen LogP contribution is -2.37. The second kappa shape index (κ2) is 9.77. The summed E-state index contributed by atoms with van der Waals surface area (Å²) < 4.78 is 0. The molecule has 4 rings (SSSR count). The number of benzene rings is 1. The Balaban J connectivity index is 1.44. The van der Waals surface area contributed by atoms with Gasteiger partial charge in [0.25, 0.3) is 5.91 Å². The second-order valence-corrected chi connectivity index (χ2v) is 8.49. The van der Waals surface area contributed by atoms with Crippen molar-refractivity contribution in [1.82, 2.24) is 20.3 Å². The number of carbonyl (C=O) groups excluding carboxylic acids is 2. The number of nitrogens with one attached hydrogen (secondary N) is 2. The summed E-state index contributed by atoms with van der Waals surface area (Å²) in [6, 6.07) is 10.0. The number of carbonyl (C=O) groups is 2. The van der Waals surface area contributed by atoms with E-state index >= 15 is 0 Å². The number of aromatic nitrogens is 3. The van der Waals surface area contributed by atoms with Crippen LogP contribution in [0.2, 0.25) is 0 Å². The van der Waals surface area contributed by atoms with Gasteiger partial charge in [0, 0.05) is 37.6 Å². The minimum atomic E-state index is -0.193. The molecule has 2 N–H and O–H groups in total. The maximum Gasteiger partial charge on any atom is 0.252 e. The molecule has 1 aromatic carbocycles. The number of hydrogen-bond donors (Lipinski definition) is 2. The van der Waals surface area contributed by atoms with Crippen molar-refractivity contribution in [3.63, 3.8) is 0 Å². The van der Waals surface area contributed by atoms with Crippen molar-refractivity contribution in [1.29, 1.82) is 0 Å². The van der Waals surface area contributed by atoms with Crippen LogP contribution < -0.4 is 10.2 Å². The Morgan fingerprint density at radius 1 is 1.19 bits per heavy atom. The predicted octanol–water partition coefficient (Wildman–Crippen LogP) is 3.42. The number of nitrogens with zero attached hydrogens (tertiary/aromatic N) is 3. The molecule has 7 heteroatoms. The summed E-state index contributed by atoms with van der Waals surface area (Å²) in [5, 5.41) is 2.91. The van der Waals surface area contributed by atoms with E-state index in [2.05, 4.69) is 46.2 Å². The molecule has 0 saturated heterocycles. The molecule has 0 radical (unpaired) electrons. The Morgan fingerprint density at radius 3 is 2.72 bits per heavy atom. The highest BCUT2D eigenvalue weighted by molar-refractivity contribution is 5.99. The maximum absolute atomic E-state index is 13.1. The quantitative estimate of drug-likeness (QED) is 0.600. The van der Waals surface area contributed by atoms with Gasteiger partial charge in [0.2, 0.25) is 5.91 Å². The van der Waals surface area contributed by atoms with Gasteiger partial charge in [0.05, 0.1) is 29.7 Å². The van der Waals surface area contributed by atoms with Gasteiger partial charge in [0.1, 0.15) is 0 Å². The van der Waals surface area contributed by atoms with Crippen LogP contribution in [0.15, 0.2) is 49.1 Å². The molecular weight excluding hydrogens is 402 g/mol. The molecule has 0 unspecified atom stereocenters. The van der Waals surface area contributed by atoms with Crippen molar-refractivity contribution < 1.29 is 9.59 Å². The van der Waals surface area contributed by atoms with Crippen LogP contribution in [0.1, 0.15) is 59.1 Å². The molecule has 0 aliphatic carbocycles. The lowest BCUT2D eigenvalue weighted by atomic mass is 10.00. The van der Waals surface area contributed by atoms with E-state index in [0.717, 1.165) is 35.5 Å². The highest BCUT2D eigenvalue weighted by Crippen LogP contribution is 2.27. The third-order valence-electron chi connectivity index (χ3n) is 5.83. The van der Waals surface area contributed by atoms with E-state index in [4.69, 9.17) is 0 Å². The number of H-pyrrole nitrogens is 1. The average molecular weight is 432 g/mol. The normalized spacial score (nSPS) is 13.2. The number of amides is 2. The standard InChI is InChI=1S/C25H29N5O2/c1-17(2)19-7-5-18(6-8-19)12-24(31)30-11-3-4-22-23(30)13-20(14-28-22)25(32)27-10-9-21-15-26-16-29-21/h5-8,13-17H,3-4,9-12H2,1-2H3,(H,26,29)(H,27,32). The highest BCUT2D eigenvalue weighted by Gasteiger charge is 2.25. The summed E-state index contributed by atoms with van der Waals surface area (Å²) in [6.07, 6.45) is 7.64. The molecule has 166 valence electrons. The Morgan fingerprint density at radius 2 is 2.00 bits per heavy atom. The van der Waals surface area contributed by atoms with E-state index in [1.54, 1.807) is 29.7 Å². The Labute approximate surface area is 188 Å². The van der Waals surface area contributed by atoms with Gasteiger partial charge in [-0.05, 0) is 36.0 Å². The fraction of sp³-hybridized carbons (Fsp3) is 0.360. The number of aromatic amines is 1. The first-order chi connectivity index (χ1) is 15.5. The lowest BCUT2D eigenvalue weighted by Gasteiger charge is -2.29. The first-order valence-corrected chi connectivity index (χ1v) is 11.1. The summed E-state index contributed by atoms with van der Waals surface area (Å²) >= 11 is 0. The number of anilines is 1. The van der Waals surface area contributed by atoms with Crippen molar-refractivity contribution in [3.8, 4) is 0 Å². The van der Waals surface area contributed by atoms with Gasteiger partial charge in [-0.3, -0.25) is 14.6 Å². The predicted molar refractivity (Wildman–Crippen MR) is 124 cm³/mol. The minimum Gasteiger partial charge on any atom is -0.352 e. The third kappa shape index (κ3) is 5.04. The smallest absolute Gasteiger partial charge is 0.252 e. The van der Waals surface area contributed by atoms with Gasteiger partial charge >= 0.3 is 0 Å². The van der Waals surface area contributed by atoms with Crippen LogP contribution in [0, 0.1) is 0 Å². The van der Waals surface area contributed by atoms with Crippen LogP contribution in [0.5, 0.6) is 0 Å². The summed E-state index contributed by atoms with van der Waals surface area (Å²) in [5.41, 5.74) is 5.31. The van der Waals surface area contributed by atoms with E-state index in [9.17, 15) is 9.59 Å². The van der Waals surface area contributed by atoms with E-state index in [-0.39, 0.29) is 11.8 Å². The average Bonchev–Trinajstić information content (AvgIpc) is 3.32. The topological polar surface area (TPSA) is 91.0 Å². The number of pyridine rings is 1. The summed E-state index contributed by atoms with van der Waals surface area (Å²) in [7, 11) is 0. The molecule has 1 aliphatic rings. The molecule has 2 amide bonds. The lowest BCUT2D eigenvalue weighted by molar-refractivity contribution is -0.118. The van der Waals surface area contributed by atoms with Crippen LogP contribution in [-0.4, -0.2) is 39.9 Å². The van der Waals surface area contributed by atoms with Crippen molar-refractivity contribution in [3.05, 3.63) is 77.1 Å². The first-order valence-electron chi connectivity index (χ1n) is 11.1. The van der Waals surface area contributed by atoms with Gasteiger partial charge < -0.3 is 15.2 Å². The Hall–Kier alpha value is -3.48. The van der Waals surface area contributed by atoms with Crippen molar-refractivity contribution >= 4 is 17.5 Å². The van der Waals surface area contributed by atoms with Crippen LogP contribution >= 0.6 is 0 Å². The van der Waals surface area contributed by atoms with Crippen LogP contribution in [0.25, 0.3) is 0 Å². The Bertz CT molecular complexity index is 1070. The number of hydrogen-bond acceptors (Lipinski definition) is 4. The molecule has 3 heterocycles. The van der Waals surface area contributed by atoms with E-state index in [1.165, 1.54) is 5.56 Å². The fourth-order valence-corrected chi connectivity index (χ4v) is 3.94. The van der Waals surface area contributed by atoms with E-state index in [0.29, 0.717) is 37.4 Å². The zero-order valence-corrected chi connectivity index (χ0v) is 18.6. The molecule has 3 aromatic rings. The third-order valence-corrected chi connectivity index (χ3v) is 5.83. The van der Waals surface area contributed by atoms with E-state index < -0.39 is 0 Å². The summed E-state index contributed by atoms with van der Waals surface area (Å²) in [4.78, 5) is 39.0. The SMILES string of the molecule is CC(C)c1ccc(CC(=O)N2CCCc3ncc(C(=O)NCCc4cnc[nH]4)cc32)cc1. The molecule has 0 saturated carbocycles. The Kier molecular flexibility index (Phi) is 6.63. The molecule has 0 spiro atoms. The van der Waals surface area contributed by atoms with E-state index in [1.807, 2.05) is 12.1 Å². The van der Waals surface area contributed by atoms with Gasteiger partial charge in [0.15, 0.2) is 0 Å². The van der Waals surface area contributed by atoms with Gasteiger partial charge in [-0.15, -0.1) is 0 Å². The number of fused-ring (bicyclic) bond motifs is 1. The molecule has 1 aliphatic heterocycles. The zero-order valence-electron chi connectivity index (χ0n) is 18.6. The second-order valence-electron chi connectivity index (χ2n) is 8.49. The molecular formula is C25H29N5O2. The minimum absolute atomic E-state index is 0.0295. The first kappa shape index (κ1) is 21.7. The number of imidazole rings is 1. The molecule has 0 fully saturated rings. The van der Waals surface area contributed by atoms with Crippen molar-refractivity contribution in [2.75, 3.05) is 18.0 Å². The van der Waals surface area contributed by atoms with Crippen LogP contribution in [-0.2, 0) is 24.1 Å². The molecule has 32 heavy (non-hydrogen) atoms. The largest absolute Gasteiger partial charge is 0.352 e. The number of aryl methyl sites for hydroxylation is 1. The molecule has 0 atom stereocenters. The van der Waals surface area contributed by atoms with Crippen LogP contribution in [0.3, 0.4) is 0 Å². The molecule has 7 nitrogen and oxygen atoms in total. The van der Waals surface area contributed by atoms with Crippen LogP contribution in [0.4, 0.5) is 5.69 Å². The van der Waals surface area contributed by atoms with Gasteiger partial charge in [-0.2, -0.15) is 0 Å². The monoisotopic (exact) mass is 431 g/mol. The maximum atomic E-state index is 13.1. The summed E-state index contributed by atoms with van der Waals surface area (Å²) in [6.45, 7) is 5.45. The highest BCUT2D eigenvalue weighted by atomic mass is 16.2. The van der Waals surface area contributed by atoms with Gasteiger partial charge in [-0.25, -0.2) is 4.98 Å². The number of rotatable bonds is 7. The van der Waals surface area contributed by atoms with Gasteiger partial charge in [-0.1, -0.05) is 38.1 Å². The zero-order chi connectivity index (χ0) is 22.5. The molecule has 2 aromatic heterocycles. The summed E-state index contributed by atoms with van der Waals surface area (Å²) in [5.74, 6) is 0.299. The van der Waals surface area contributed by atoms with Crippen molar-refractivity contribution in [2.24, 2.45) is 0 Å². The van der Waals surface area contributed by atoms with Crippen molar-refractivity contribution in [2.45, 2.75) is 45.4 Å². The molecule has 0 bridgehead atoms. The fourth-order valence-electron chi connectivity index (χ4n) is 3.94.